The summed E-state index contributed by atoms with van der Waals surface area (Å²) in [7, 11) is 0. The highest BCUT2D eigenvalue weighted by Crippen LogP contribution is 2.34. The van der Waals surface area contributed by atoms with Crippen LogP contribution in [0.25, 0.3) is 21.8 Å². The van der Waals surface area contributed by atoms with Crippen LogP contribution in [0.1, 0.15) is 10.4 Å². The van der Waals surface area contributed by atoms with E-state index in [1.54, 1.807) is 12.4 Å². The number of rotatable bonds is 4. The van der Waals surface area contributed by atoms with Crippen molar-refractivity contribution in [3.63, 3.8) is 0 Å². The van der Waals surface area contributed by atoms with Gasteiger partial charge in [-0.05, 0) is 25.1 Å². The fraction of sp³-hybridized carbons (Fsp3) is 0.118. The molecule has 0 saturated heterocycles. The molecule has 4 nitrogen and oxygen atoms in total. The van der Waals surface area contributed by atoms with Crippen LogP contribution >= 0.6 is 11.3 Å². The predicted octanol–water partition coefficient (Wildman–Crippen LogP) is 3.81. The highest BCUT2D eigenvalue weighted by atomic mass is 32.1. The second kappa shape index (κ2) is 6.07. The monoisotopic (exact) mass is 310 g/mol. The Kier molecular flexibility index (Phi) is 3.98. The number of aromatic nitrogens is 2. The maximum atomic E-state index is 11.1. The Morgan fingerprint density at radius 3 is 2.73 bits per heavy atom. The van der Waals surface area contributed by atoms with E-state index in [1.165, 1.54) is 11.3 Å². The molecule has 5 heteroatoms. The van der Waals surface area contributed by atoms with Crippen LogP contribution in [0.3, 0.4) is 0 Å². The smallest absolute Gasteiger partial charge is 0.308 e. The quantitative estimate of drug-likeness (QED) is 0.796. The topological polar surface area (TPSA) is 63.1 Å². The van der Waals surface area contributed by atoms with Crippen LogP contribution in [0.5, 0.6) is 0 Å². The molecule has 0 radical (unpaired) electrons. The molecule has 22 heavy (non-hydrogen) atoms. The Balaban J connectivity index is 2.10. The largest absolute Gasteiger partial charge is 0.481 e. The number of hydrogen-bond donors (Lipinski definition) is 1. The minimum absolute atomic E-state index is 0.0340. The van der Waals surface area contributed by atoms with Crippen molar-refractivity contribution in [2.24, 2.45) is 0 Å². The van der Waals surface area contributed by atoms with Gasteiger partial charge in [-0.1, -0.05) is 23.8 Å². The molecule has 2 aromatic heterocycles. The third-order valence-corrected chi connectivity index (χ3v) is 4.31. The zero-order valence-electron chi connectivity index (χ0n) is 12.0. The highest BCUT2D eigenvalue weighted by Gasteiger charge is 2.16. The molecule has 110 valence electrons. The summed E-state index contributed by atoms with van der Waals surface area (Å²) in [6.07, 6.45) is 3.36. The van der Waals surface area contributed by atoms with E-state index in [4.69, 9.17) is 5.11 Å². The molecule has 0 fully saturated rings. The Morgan fingerprint density at radius 2 is 2.05 bits per heavy atom. The molecule has 0 aliphatic rings. The molecular formula is C17H14N2O2S. The third-order valence-electron chi connectivity index (χ3n) is 3.21. The second-order valence-corrected chi connectivity index (χ2v) is 6.06. The third kappa shape index (κ3) is 3.04. The van der Waals surface area contributed by atoms with E-state index in [2.05, 4.69) is 16.0 Å². The average molecular weight is 310 g/mol. The highest BCUT2D eigenvalue weighted by molar-refractivity contribution is 7.15. The Labute approximate surface area is 132 Å². The van der Waals surface area contributed by atoms with E-state index in [-0.39, 0.29) is 6.42 Å². The predicted molar refractivity (Wildman–Crippen MR) is 86.9 cm³/mol. The van der Waals surface area contributed by atoms with Crippen molar-refractivity contribution in [2.45, 2.75) is 13.3 Å². The fourth-order valence-electron chi connectivity index (χ4n) is 2.24. The van der Waals surface area contributed by atoms with Crippen molar-refractivity contribution in [3.05, 3.63) is 59.2 Å². The zero-order valence-corrected chi connectivity index (χ0v) is 12.8. The van der Waals surface area contributed by atoms with Gasteiger partial charge in [0.2, 0.25) is 0 Å². The molecule has 0 bridgehead atoms. The van der Waals surface area contributed by atoms with Gasteiger partial charge < -0.3 is 5.11 Å². The first-order valence-electron chi connectivity index (χ1n) is 6.82. The zero-order chi connectivity index (χ0) is 15.5. The number of carboxylic acids is 1. The van der Waals surface area contributed by atoms with Crippen molar-refractivity contribution in [1.82, 2.24) is 9.97 Å². The molecule has 0 saturated carbocycles. The standard InChI is InChI=1S/C17H14N2O2S/c1-11-4-2-5-12(8-11)17-19-16(13-6-3-7-18-10-13)14(22-17)9-15(20)21/h2-8,10H,9H2,1H3,(H,20,21). The Bertz CT molecular complexity index is 813. The molecule has 0 unspecified atom stereocenters. The molecule has 1 aromatic carbocycles. The van der Waals surface area contributed by atoms with Crippen LogP contribution in [0.4, 0.5) is 0 Å². The lowest BCUT2D eigenvalue weighted by Crippen LogP contribution is -1.99. The number of aryl methyl sites for hydroxylation is 1. The SMILES string of the molecule is Cc1cccc(-c2nc(-c3cccnc3)c(CC(=O)O)s2)c1. The molecule has 0 amide bonds. The Morgan fingerprint density at radius 1 is 1.23 bits per heavy atom. The van der Waals surface area contributed by atoms with Gasteiger partial charge in [-0.25, -0.2) is 4.98 Å². The number of thiazole rings is 1. The number of aliphatic carboxylic acids is 1. The van der Waals surface area contributed by atoms with Crippen molar-refractivity contribution in [2.75, 3.05) is 0 Å². The lowest BCUT2D eigenvalue weighted by atomic mass is 10.1. The first-order chi connectivity index (χ1) is 10.6. The van der Waals surface area contributed by atoms with E-state index in [0.29, 0.717) is 5.69 Å². The molecule has 1 N–H and O–H groups in total. The summed E-state index contributed by atoms with van der Waals surface area (Å²) in [5.41, 5.74) is 3.70. The maximum absolute atomic E-state index is 11.1. The minimum Gasteiger partial charge on any atom is -0.481 e. The number of nitrogens with zero attached hydrogens (tertiary/aromatic N) is 2. The van der Waals surface area contributed by atoms with Gasteiger partial charge in [-0.2, -0.15) is 0 Å². The van der Waals surface area contributed by atoms with Gasteiger partial charge in [0, 0.05) is 28.4 Å². The van der Waals surface area contributed by atoms with E-state index < -0.39 is 5.97 Å². The summed E-state index contributed by atoms with van der Waals surface area (Å²) in [5, 5.41) is 9.96. The minimum atomic E-state index is -0.857. The lowest BCUT2D eigenvalue weighted by Gasteiger charge is -1.99. The summed E-state index contributed by atoms with van der Waals surface area (Å²) in [6.45, 7) is 2.03. The number of hydrogen-bond acceptors (Lipinski definition) is 4. The van der Waals surface area contributed by atoms with Crippen LogP contribution in [-0.4, -0.2) is 21.0 Å². The van der Waals surface area contributed by atoms with Crippen LogP contribution in [0, 0.1) is 6.92 Å². The van der Waals surface area contributed by atoms with Crippen molar-refractivity contribution >= 4 is 17.3 Å². The van der Waals surface area contributed by atoms with Gasteiger partial charge in [0.25, 0.3) is 0 Å². The van der Waals surface area contributed by atoms with E-state index >= 15 is 0 Å². The molecule has 0 atom stereocenters. The number of benzene rings is 1. The summed E-state index contributed by atoms with van der Waals surface area (Å²) in [5.74, 6) is -0.857. The van der Waals surface area contributed by atoms with Gasteiger partial charge in [-0.3, -0.25) is 9.78 Å². The van der Waals surface area contributed by atoms with E-state index in [0.717, 1.165) is 26.6 Å². The maximum Gasteiger partial charge on any atom is 0.308 e. The molecule has 0 spiro atoms. The normalized spacial score (nSPS) is 10.6. The van der Waals surface area contributed by atoms with E-state index in [1.807, 2.05) is 37.3 Å². The fourth-order valence-corrected chi connectivity index (χ4v) is 3.31. The molecule has 3 aromatic rings. The summed E-state index contributed by atoms with van der Waals surface area (Å²) in [4.78, 5) is 20.6. The molecule has 0 aliphatic heterocycles. The first kappa shape index (κ1) is 14.4. The van der Waals surface area contributed by atoms with Crippen LogP contribution in [-0.2, 0) is 11.2 Å². The van der Waals surface area contributed by atoms with Crippen LogP contribution < -0.4 is 0 Å². The van der Waals surface area contributed by atoms with Crippen molar-refractivity contribution < 1.29 is 9.90 Å². The summed E-state index contributed by atoms with van der Waals surface area (Å²) in [6, 6.07) is 11.8. The summed E-state index contributed by atoms with van der Waals surface area (Å²) >= 11 is 1.42. The van der Waals surface area contributed by atoms with Gasteiger partial charge in [0.05, 0.1) is 12.1 Å². The van der Waals surface area contributed by atoms with E-state index in [9.17, 15) is 4.79 Å². The number of carboxylic acid groups (broad SMARTS) is 1. The van der Waals surface area contributed by atoms with Crippen LogP contribution in [0.15, 0.2) is 48.8 Å². The van der Waals surface area contributed by atoms with Gasteiger partial charge in [0.15, 0.2) is 0 Å². The Hall–Kier alpha value is -2.53. The molecular weight excluding hydrogens is 296 g/mol. The van der Waals surface area contributed by atoms with Gasteiger partial charge in [-0.15, -0.1) is 11.3 Å². The number of pyridine rings is 1. The average Bonchev–Trinajstić information content (AvgIpc) is 2.91. The number of carbonyl (C=O) groups is 1. The van der Waals surface area contributed by atoms with Gasteiger partial charge in [0.1, 0.15) is 5.01 Å². The van der Waals surface area contributed by atoms with Crippen molar-refractivity contribution in [1.29, 1.82) is 0 Å². The molecule has 0 aliphatic carbocycles. The van der Waals surface area contributed by atoms with Crippen molar-refractivity contribution in [3.8, 4) is 21.8 Å². The summed E-state index contributed by atoms with van der Waals surface area (Å²) < 4.78 is 0. The molecule has 2 heterocycles. The lowest BCUT2D eigenvalue weighted by molar-refractivity contribution is -0.136. The first-order valence-corrected chi connectivity index (χ1v) is 7.64. The van der Waals surface area contributed by atoms with Crippen LogP contribution in [0.2, 0.25) is 0 Å². The van der Waals surface area contributed by atoms with Gasteiger partial charge >= 0.3 is 5.97 Å². The second-order valence-electron chi connectivity index (χ2n) is 4.97. The molecule has 3 rings (SSSR count).